The molecular formula is C46H30N2S. The van der Waals surface area contributed by atoms with Gasteiger partial charge in [-0.15, -0.1) is 11.3 Å². The highest BCUT2D eigenvalue weighted by molar-refractivity contribution is 7.25. The Morgan fingerprint density at radius 2 is 0.959 bits per heavy atom. The van der Waals surface area contributed by atoms with Crippen LogP contribution in [0.2, 0.25) is 0 Å². The lowest BCUT2D eigenvalue weighted by Gasteiger charge is -2.26. The first-order valence-electron chi connectivity index (χ1n) is 16.7. The third-order valence-corrected chi connectivity index (χ3v) is 10.9. The van der Waals surface area contributed by atoms with Crippen molar-refractivity contribution in [2.24, 2.45) is 0 Å². The van der Waals surface area contributed by atoms with E-state index in [0.29, 0.717) is 0 Å². The summed E-state index contributed by atoms with van der Waals surface area (Å²) in [6.45, 7) is 0. The van der Waals surface area contributed by atoms with E-state index in [9.17, 15) is 0 Å². The molecule has 0 aliphatic carbocycles. The summed E-state index contributed by atoms with van der Waals surface area (Å²) in [6.07, 6.45) is 0. The molecule has 49 heavy (non-hydrogen) atoms. The fourth-order valence-corrected chi connectivity index (χ4v) is 8.64. The van der Waals surface area contributed by atoms with E-state index in [4.69, 9.17) is 0 Å². The third-order valence-electron chi connectivity index (χ3n) is 9.77. The molecule has 10 aromatic rings. The summed E-state index contributed by atoms with van der Waals surface area (Å²) in [5, 5.41) is 7.63. The summed E-state index contributed by atoms with van der Waals surface area (Å²) in [5.74, 6) is 0. The topological polar surface area (TPSA) is 8.17 Å². The third kappa shape index (κ3) is 4.55. The van der Waals surface area contributed by atoms with Gasteiger partial charge in [0.2, 0.25) is 0 Å². The number of hydrogen-bond acceptors (Lipinski definition) is 2. The lowest BCUT2D eigenvalue weighted by Crippen LogP contribution is -2.09. The van der Waals surface area contributed by atoms with Crippen LogP contribution in [0.5, 0.6) is 0 Å². The van der Waals surface area contributed by atoms with Gasteiger partial charge in [0.1, 0.15) is 0 Å². The van der Waals surface area contributed by atoms with Crippen molar-refractivity contribution < 1.29 is 0 Å². The normalized spacial score (nSPS) is 11.7. The van der Waals surface area contributed by atoms with Crippen molar-refractivity contribution in [1.29, 1.82) is 0 Å². The molecular weight excluding hydrogens is 613 g/mol. The summed E-state index contributed by atoms with van der Waals surface area (Å²) in [5.41, 5.74) is 9.39. The highest BCUT2D eigenvalue weighted by atomic mass is 32.1. The smallest absolute Gasteiger partial charge is 0.0541 e. The number of rotatable bonds is 5. The van der Waals surface area contributed by atoms with E-state index in [2.05, 4.69) is 191 Å². The molecule has 0 unspecified atom stereocenters. The van der Waals surface area contributed by atoms with Crippen molar-refractivity contribution in [3.05, 3.63) is 182 Å². The zero-order chi connectivity index (χ0) is 32.3. The van der Waals surface area contributed by atoms with E-state index < -0.39 is 0 Å². The molecule has 2 heterocycles. The maximum Gasteiger partial charge on any atom is 0.0541 e. The first-order chi connectivity index (χ1) is 24.3. The Hall–Kier alpha value is -6.16. The largest absolute Gasteiger partial charge is 0.310 e. The summed E-state index contributed by atoms with van der Waals surface area (Å²) in [6, 6.07) is 66.2. The number of aromatic nitrogens is 1. The highest BCUT2D eigenvalue weighted by Gasteiger charge is 2.18. The quantitative estimate of drug-likeness (QED) is 0.181. The average molecular weight is 643 g/mol. The van der Waals surface area contributed by atoms with E-state index >= 15 is 0 Å². The lowest BCUT2D eigenvalue weighted by atomic mass is 10.0. The molecule has 0 saturated heterocycles. The molecule has 2 aromatic heterocycles. The second-order valence-electron chi connectivity index (χ2n) is 12.6. The monoisotopic (exact) mass is 642 g/mol. The molecule has 0 spiro atoms. The Morgan fingerprint density at radius 1 is 0.388 bits per heavy atom. The van der Waals surface area contributed by atoms with Gasteiger partial charge in [0.25, 0.3) is 0 Å². The van der Waals surface area contributed by atoms with Crippen LogP contribution < -0.4 is 4.90 Å². The van der Waals surface area contributed by atoms with E-state index in [1.165, 1.54) is 69.6 Å². The van der Waals surface area contributed by atoms with Gasteiger partial charge >= 0.3 is 0 Å². The Morgan fingerprint density at radius 3 is 1.76 bits per heavy atom. The molecule has 0 aliphatic heterocycles. The predicted molar refractivity (Wildman–Crippen MR) is 211 cm³/mol. The minimum Gasteiger partial charge on any atom is -0.310 e. The van der Waals surface area contributed by atoms with Gasteiger partial charge in [0.05, 0.1) is 16.7 Å². The van der Waals surface area contributed by atoms with Gasteiger partial charge in [-0.2, -0.15) is 0 Å². The van der Waals surface area contributed by atoms with E-state index in [1.807, 2.05) is 11.3 Å². The van der Waals surface area contributed by atoms with Crippen LogP contribution in [-0.4, -0.2) is 4.57 Å². The minimum absolute atomic E-state index is 1.12. The van der Waals surface area contributed by atoms with Gasteiger partial charge in [-0.3, -0.25) is 0 Å². The van der Waals surface area contributed by atoms with Crippen LogP contribution >= 0.6 is 11.3 Å². The SMILES string of the molecule is c1ccc(-n2c3ccccc3c3ccccc32)c(-c2ccc(N(c3ccc4ccccc4c3)c3ccc4c(c3)sc3ccccc34)cc2)c1. The summed E-state index contributed by atoms with van der Waals surface area (Å²) < 4.78 is 5.02. The molecule has 0 N–H and O–H groups in total. The van der Waals surface area contributed by atoms with Crippen molar-refractivity contribution in [2.75, 3.05) is 4.90 Å². The number of hydrogen-bond donors (Lipinski definition) is 0. The molecule has 0 fully saturated rings. The first-order valence-corrected chi connectivity index (χ1v) is 17.5. The van der Waals surface area contributed by atoms with Gasteiger partial charge in [-0.25, -0.2) is 0 Å². The lowest BCUT2D eigenvalue weighted by molar-refractivity contribution is 1.18. The number of benzene rings is 8. The predicted octanol–water partition coefficient (Wildman–Crippen LogP) is 13.4. The summed E-state index contributed by atoms with van der Waals surface area (Å²) in [4.78, 5) is 2.39. The Kier molecular flexibility index (Phi) is 6.39. The van der Waals surface area contributed by atoms with E-state index in [1.54, 1.807) is 0 Å². The van der Waals surface area contributed by atoms with Crippen molar-refractivity contribution in [3.63, 3.8) is 0 Å². The Bertz CT molecular complexity index is 2790. The molecule has 0 aliphatic rings. The molecule has 0 bridgehead atoms. The minimum atomic E-state index is 1.12. The van der Waals surface area contributed by atoms with Gasteiger partial charge in [0.15, 0.2) is 0 Å². The van der Waals surface area contributed by atoms with Crippen LogP contribution in [-0.2, 0) is 0 Å². The molecule has 8 aromatic carbocycles. The summed E-state index contributed by atoms with van der Waals surface area (Å²) >= 11 is 1.86. The standard InChI is InChI=1S/C46H30N2S/c1-2-12-33-29-35(26-21-31(33)11-1)47(36-27-28-41-40-16-6-10-20-45(40)49-46(41)30-36)34-24-22-32(23-25-34)37-13-3-7-17-42(37)48-43-18-8-4-14-38(43)39-15-5-9-19-44(39)48/h1-30H. The Labute approximate surface area is 288 Å². The van der Waals surface area contributed by atoms with Gasteiger partial charge in [-0.1, -0.05) is 121 Å². The molecule has 10 rings (SSSR count). The van der Waals surface area contributed by atoms with Crippen LogP contribution in [0.1, 0.15) is 0 Å². The van der Waals surface area contributed by atoms with E-state index in [0.717, 1.165) is 17.1 Å². The molecule has 0 saturated carbocycles. The van der Waals surface area contributed by atoms with Crippen molar-refractivity contribution in [1.82, 2.24) is 4.57 Å². The maximum atomic E-state index is 2.41. The number of thiophene rings is 1. The zero-order valence-corrected chi connectivity index (χ0v) is 27.4. The number of nitrogens with zero attached hydrogens (tertiary/aromatic N) is 2. The molecule has 3 heteroatoms. The first kappa shape index (κ1) is 27.9. The number of para-hydroxylation sites is 3. The van der Waals surface area contributed by atoms with Gasteiger partial charge in [-0.05, 0) is 77.0 Å². The van der Waals surface area contributed by atoms with Crippen molar-refractivity contribution >= 4 is 81.1 Å². The summed E-state index contributed by atoms with van der Waals surface area (Å²) in [7, 11) is 0. The van der Waals surface area contributed by atoms with Gasteiger partial charge < -0.3 is 9.47 Å². The van der Waals surface area contributed by atoms with Gasteiger partial charge in [0, 0.05) is 53.6 Å². The van der Waals surface area contributed by atoms with Crippen LogP contribution in [0.25, 0.3) is 69.6 Å². The van der Waals surface area contributed by atoms with Crippen LogP contribution in [0.3, 0.4) is 0 Å². The molecule has 0 radical (unpaired) electrons. The highest BCUT2D eigenvalue weighted by Crippen LogP contribution is 2.42. The molecule has 230 valence electrons. The molecule has 0 amide bonds. The van der Waals surface area contributed by atoms with Crippen molar-refractivity contribution in [2.45, 2.75) is 0 Å². The maximum absolute atomic E-state index is 2.41. The van der Waals surface area contributed by atoms with Crippen LogP contribution in [0, 0.1) is 0 Å². The second kappa shape index (κ2) is 11.2. The van der Waals surface area contributed by atoms with Crippen molar-refractivity contribution in [3.8, 4) is 16.8 Å². The molecule has 2 nitrogen and oxygen atoms in total. The fraction of sp³-hybridized carbons (Fsp3) is 0. The van der Waals surface area contributed by atoms with E-state index in [-0.39, 0.29) is 0 Å². The number of anilines is 3. The van der Waals surface area contributed by atoms with Crippen LogP contribution in [0.4, 0.5) is 17.1 Å². The van der Waals surface area contributed by atoms with Crippen LogP contribution in [0.15, 0.2) is 182 Å². The fourth-order valence-electron chi connectivity index (χ4n) is 7.50. The average Bonchev–Trinajstić information content (AvgIpc) is 3.71. The zero-order valence-electron chi connectivity index (χ0n) is 26.6. The number of fused-ring (bicyclic) bond motifs is 7. The molecule has 0 atom stereocenters. The second-order valence-corrected chi connectivity index (χ2v) is 13.7. The Balaban J connectivity index is 1.12.